The third-order valence-corrected chi connectivity index (χ3v) is 4.43. The van der Waals surface area contributed by atoms with Crippen molar-refractivity contribution in [3.8, 4) is 0 Å². The first-order valence-corrected chi connectivity index (χ1v) is 8.40. The molecular weight excluding hydrogens is 294 g/mol. The Hall–Kier alpha value is -1.44. The Kier molecular flexibility index (Phi) is 6.56. The standard InChI is InChI=1S/C16H29N5O2/c1-4-17-16(23)12-20-7-5-19(6-8-20)11-15-13(2)18-21(9-10-22)14(15)3/h22H,4-12H2,1-3H3,(H,17,23). The second kappa shape index (κ2) is 8.42. The van der Waals surface area contributed by atoms with Gasteiger partial charge in [-0.3, -0.25) is 19.3 Å². The molecular formula is C16H29N5O2. The van der Waals surface area contributed by atoms with E-state index < -0.39 is 0 Å². The molecule has 1 aromatic rings. The van der Waals surface area contributed by atoms with Crippen LogP contribution in [0.15, 0.2) is 0 Å². The van der Waals surface area contributed by atoms with Crippen molar-refractivity contribution in [2.75, 3.05) is 45.9 Å². The summed E-state index contributed by atoms with van der Waals surface area (Å²) in [6.45, 7) is 12.5. The molecule has 0 radical (unpaired) electrons. The molecule has 0 bridgehead atoms. The Labute approximate surface area is 138 Å². The molecule has 7 nitrogen and oxygen atoms in total. The number of rotatable bonds is 7. The lowest BCUT2D eigenvalue weighted by atomic mass is 10.1. The molecule has 0 unspecified atom stereocenters. The first kappa shape index (κ1) is 17.9. The number of hydrogen-bond donors (Lipinski definition) is 2. The molecule has 2 N–H and O–H groups in total. The minimum atomic E-state index is 0.109. The number of piperazine rings is 1. The van der Waals surface area contributed by atoms with Gasteiger partial charge in [-0.2, -0.15) is 5.10 Å². The molecule has 1 amide bonds. The maximum absolute atomic E-state index is 11.6. The third-order valence-electron chi connectivity index (χ3n) is 4.43. The van der Waals surface area contributed by atoms with Crippen LogP contribution in [0.3, 0.4) is 0 Å². The van der Waals surface area contributed by atoms with Crippen molar-refractivity contribution in [1.29, 1.82) is 0 Å². The van der Waals surface area contributed by atoms with Gasteiger partial charge in [0.1, 0.15) is 0 Å². The highest BCUT2D eigenvalue weighted by atomic mass is 16.3. The molecule has 0 spiro atoms. The minimum Gasteiger partial charge on any atom is -0.394 e. The number of aromatic nitrogens is 2. The van der Waals surface area contributed by atoms with E-state index in [2.05, 4.69) is 27.1 Å². The average Bonchev–Trinajstić information content (AvgIpc) is 2.77. The SMILES string of the molecule is CCNC(=O)CN1CCN(Cc2c(C)nn(CCO)c2C)CC1. The van der Waals surface area contributed by atoms with Gasteiger partial charge in [0.05, 0.1) is 25.4 Å². The van der Waals surface area contributed by atoms with Gasteiger partial charge in [0.25, 0.3) is 0 Å². The summed E-state index contributed by atoms with van der Waals surface area (Å²) in [5, 5.41) is 16.5. The molecule has 23 heavy (non-hydrogen) atoms. The summed E-state index contributed by atoms with van der Waals surface area (Å²) >= 11 is 0. The summed E-state index contributed by atoms with van der Waals surface area (Å²) in [5.74, 6) is 0.109. The fraction of sp³-hybridized carbons (Fsp3) is 0.750. The van der Waals surface area contributed by atoms with Gasteiger partial charge in [-0.05, 0) is 20.8 Å². The predicted octanol–water partition coefficient (Wildman–Crippen LogP) is -0.254. The monoisotopic (exact) mass is 323 g/mol. The van der Waals surface area contributed by atoms with Gasteiger partial charge in [0.2, 0.25) is 5.91 Å². The van der Waals surface area contributed by atoms with Gasteiger partial charge < -0.3 is 10.4 Å². The van der Waals surface area contributed by atoms with E-state index in [4.69, 9.17) is 5.11 Å². The number of nitrogens with zero attached hydrogens (tertiary/aromatic N) is 4. The van der Waals surface area contributed by atoms with Crippen molar-refractivity contribution in [3.63, 3.8) is 0 Å². The number of nitrogens with one attached hydrogen (secondary N) is 1. The zero-order chi connectivity index (χ0) is 16.8. The van der Waals surface area contributed by atoms with Gasteiger partial charge in [-0.25, -0.2) is 0 Å². The summed E-state index contributed by atoms with van der Waals surface area (Å²) in [5.41, 5.74) is 3.44. The molecule has 2 heterocycles. The number of aliphatic hydroxyl groups excluding tert-OH is 1. The summed E-state index contributed by atoms with van der Waals surface area (Å²) < 4.78 is 1.88. The zero-order valence-corrected chi connectivity index (χ0v) is 14.5. The number of carbonyl (C=O) groups excluding carboxylic acids is 1. The van der Waals surface area contributed by atoms with Crippen LogP contribution < -0.4 is 5.32 Å². The normalized spacial score (nSPS) is 16.7. The molecule has 7 heteroatoms. The van der Waals surface area contributed by atoms with Crippen molar-refractivity contribution < 1.29 is 9.90 Å². The summed E-state index contributed by atoms with van der Waals surface area (Å²) in [6.07, 6.45) is 0. The Morgan fingerprint density at radius 2 is 1.87 bits per heavy atom. The molecule has 0 aromatic carbocycles. The maximum atomic E-state index is 11.6. The fourth-order valence-corrected chi connectivity index (χ4v) is 3.06. The first-order valence-electron chi connectivity index (χ1n) is 8.40. The Bertz CT molecular complexity index is 521. The molecule has 0 saturated carbocycles. The van der Waals surface area contributed by atoms with E-state index in [0.29, 0.717) is 19.6 Å². The van der Waals surface area contributed by atoms with E-state index in [9.17, 15) is 4.79 Å². The van der Waals surface area contributed by atoms with Crippen LogP contribution in [0.25, 0.3) is 0 Å². The molecule has 1 aromatic heterocycles. The van der Waals surface area contributed by atoms with E-state index in [1.807, 2.05) is 18.5 Å². The second-order valence-electron chi connectivity index (χ2n) is 6.10. The smallest absolute Gasteiger partial charge is 0.234 e. The van der Waals surface area contributed by atoms with Gasteiger partial charge in [0, 0.05) is 50.5 Å². The number of likely N-dealkylation sites (N-methyl/N-ethyl adjacent to an activating group) is 1. The van der Waals surface area contributed by atoms with Crippen LogP contribution in [-0.4, -0.2) is 76.5 Å². The number of aryl methyl sites for hydroxylation is 1. The van der Waals surface area contributed by atoms with Crippen LogP contribution >= 0.6 is 0 Å². The lowest BCUT2D eigenvalue weighted by Gasteiger charge is -2.34. The van der Waals surface area contributed by atoms with Gasteiger partial charge in [-0.1, -0.05) is 0 Å². The van der Waals surface area contributed by atoms with Crippen LogP contribution in [0.2, 0.25) is 0 Å². The van der Waals surface area contributed by atoms with E-state index in [1.54, 1.807) is 0 Å². The van der Waals surface area contributed by atoms with Crippen LogP contribution in [-0.2, 0) is 17.9 Å². The molecule has 1 aliphatic rings. The van der Waals surface area contributed by atoms with Crippen LogP contribution in [0.5, 0.6) is 0 Å². The largest absolute Gasteiger partial charge is 0.394 e. The molecule has 130 valence electrons. The molecule has 0 atom stereocenters. The van der Waals surface area contributed by atoms with Crippen LogP contribution in [0.1, 0.15) is 23.9 Å². The lowest BCUT2D eigenvalue weighted by molar-refractivity contribution is -0.122. The molecule has 0 aliphatic carbocycles. The predicted molar refractivity (Wildman–Crippen MR) is 89.2 cm³/mol. The van der Waals surface area contributed by atoms with Crippen LogP contribution in [0.4, 0.5) is 0 Å². The van der Waals surface area contributed by atoms with E-state index in [0.717, 1.165) is 44.1 Å². The first-order chi connectivity index (χ1) is 11.0. The second-order valence-corrected chi connectivity index (χ2v) is 6.10. The summed E-state index contributed by atoms with van der Waals surface area (Å²) in [7, 11) is 0. The minimum absolute atomic E-state index is 0.109. The van der Waals surface area contributed by atoms with Crippen molar-refractivity contribution >= 4 is 5.91 Å². The quantitative estimate of drug-likeness (QED) is 0.724. The number of carbonyl (C=O) groups is 1. The van der Waals surface area contributed by atoms with E-state index in [1.165, 1.54) is 5.56 Å². The molecule has 2 rings (SSSR count). The Balaban J connectivity index is 1.86. The maximum Gasteiger partial charge on any atom is 0.234 e. The number of aliphatic hydroxyl groups is 1. The number of hydrogen-bond acceptors (Lipinski definition) is 5. The third kappa shape index (κ3) is 4.76. The summed E-state index contributed by atoms with van der Waals surface area (Å²) in [4.78, 5) is 16.3. The van der Waals surface area contributed by atoms with Crippen molar-refractivity contribution in [2.45, 2.75) is 33.9 Å². The van der Waals surface area contributed by atoms with Crippen molar-refractivity contribution in [3.05, 3.63) is 17.0 Å². The fourth-order valence-electron chi connectivity index (χ4n) is 3.06. The van der Waals surface area contributed by atoms with Crippen LogP contribution in [0, 0.1) is 13.8 Å². The van der Waals surface area contributed by atoms with Gasteiger partial charge in [0.15, 0.2) is 0 Å². The summed E-state index contributed by atoms with van der Waals surface area (Å²) in [6, 6.07) is 0. The lowest BCUT2D eigenvalue weighted by Crippen LogP contribution is -2.49. The average molecular weight is 323 g/mol. The zero-order valence-electron chi connectivity index (χ0n) is 14.5. The molecule has 1 saturated heterocycles. The van der Waals surface area contributed by atoms with Gasteiger partial charge in [-0.15, -0.1) is 0 Å². The highest BCUT2D eigenvalue weighted by Gasteiger charge is 2.21. The Morgan fingerprint density at radius 3 is 2.48 bits per heavy atom. The van der Waals surface area contributed by atoms with Crippen molar-refractivity contribution in [2.24, 2.45) is 0 Å². The van der Waals surface area contributed by atoms with Gasteiger partial charge >= 0.3 is 0 Å². The Morgan fingerprint density at radius 1 is 1.22 bits per heavy atom. The molecule has 1 aliphatic heterocycles. The molecule has 1 fully saturated rings. The van der Waals surface area contributed by atoms with Crippen molar-refractivity contribution in [1.82, 2.24) is 24.9 Å². The van der Waals surface area contributed by atoms with E-state index >= 15 is 0 Å². The van der Waals surface area contributed by atoms with E-state index in [-0.39, 0.29) is 12.5 Å². The number of amides is 1. The highest BCUT2D eigenvalue weighted by molar-refractivity contribution is 5.77. The highest BCUT2D eigenvalue weighted by Crippen LogP contribution is 2.16. The topological polar surface area (TPSA) is 73.6 Å².